The van der Waals surface area contributed by atoms with Gasteiger partial charge in [0.05, 0.1) is 15.1 Å². The summed E-state index contributed by atoms with van der Waals surface area (Å²) in [4.78, 5) is 22.0. The van der Waals surface area contributed by atoms with Crippen LogP contribution in [0.15, 0.2) is 66.6 Å². The average Bonchev–Trinajstić information content (AvgIpc) is 3.23. The van der Waals surface area contributed by atoms with Gasteiger partial charge in [-0.25, -0.2) is 13.4 Å². The van der Waals surface area contributed by atoms with Crippen LogP contribution >= 0.6 is 22.9 Å². The molecule has 0 spiro atoms. The number of sulfonamides is 1. The quantitative estimate of drug-likeness (QED) is 0.331. The zero-order valence-corrected chi connectivity index (χ0v) is 22.5. The molecule has 1 aromatic heterocycles. The van der Waals surface area contributed by atoms with Crippen molar-refractivity contribution >= 4 is 54.2 Å². The lowest BCUT2D eigenvalue weighted by molar-refractivity contribution is 0.0985. The Hall–Kier alpha value is -2.56. The molecule has 0 bridgehead atoms. The van der Waals surface area contributed by atoms with Crippen LogP contribution < -0.4 is 4.90 Å². The molecule has 0 radical (unpaired) electrons. The second-order valence-corrected chi connectivity index (χ2v) is 11.6. The van der Waals surface area contributed by atoms with Crippen molar-refractivity contribution in [2.24, 2.45) is 0 Å². The number of hydrogen-bond acceptors (Lipinski definition) is 6. The molecule has 1 amide bonds. The molecule has 0 fully saturated rings. The number of hydrogen-bond donors (Lipinski definition) is 0. The Morgan fingerprint density at radius 1 is 1.09 bits per heavy atom. The van der Waals surface area contributed by atoms with Crippen LogP contribution in [-0.4, -0.2) is 68.8 Å². The number of anilines is 1. The van der Waals surface area contributed by atoms with Crippen LogP contribution in [0.1, 0.15) is 15.9 Å². The molecule has 35 heavy (non-hydrogen) atoms. The third kappa shape index (κ3) is 6.17. The van der Waals surface area contributed by atoms with E-state index in [4.69, 9.17) is 16.6 Å². The molecule has 0 N–H and O–H groups in total. The molecular weight excluding hydrogens is 504 g/mol. The van der Waals surface area contributed by atoms with Gasteiger partial charge in [-0.3, -0.25) is 9.69 Å². The second kappa shape index (κ2) is 11.5. The largest absolute Gasteiger partial charge is 0.308 e. The summed E-state index contributed by atoms with van der Waals surface area (Å²) in [6.45, 7) is 10.6. The molecule has 1 heterocycles. The van der Waals surface area contributed by atoms with E-state index in [0.29, 0.717) is 28.8 Å². The highest BCUT2D eigenvalue weighted by molar-refractivity contribution is 7.89. The fourth-order valence-corrected chi connectivity index (χ4v) is 6.30. The Kier molecular flexibility index (Phi) is 8.84. The molecule has 0 aliphatic carbocycles. The van der Waals surface area contributed by atoms with E-state index >= 15 is 0 Å². The molecule has 186 valence electrons. The highest BCUT2D eigenvalue weighted by Crippen LogP contribution is 2.33. The van der Waals surface area contributed by atoms with E-state index in [0.717, 1.165) is 15.8 Å². The van der Waals surface area contributed by atoms with Gasteiger partial charge in [0.2, 0.25) is 10.0 Å². The number of benzene rings is 2. The van der Waals surface area contributed by atoms with Crippen LogP contribution in [0.5, 0.6) is 0 Å². The zero-order valence-electron chi connectivity index (χ0n) is 20.1. The van der Waals surface area contributed by atoms with E-state index in [1.54, 1.807) is 4.90 Å². The summed E-state index contributed by atoms with van der Waals surface area (Å²) in [7, 11) is 0.115. The van der Waals surface area contributed by atoms with Crippen molar-refractivity contribution in [1.29, 1.82) is 0 Å². The van der Waals surface area contributed by atoms with Gasteiger partial charge in [0, 0.05) is 36.8 Å². The molecular formula is C25H29ClN4O3S2. The molecule has 0 aliphatic rings. The first-order valence-electron chi connectivity index (χ1n) is 10.9. The summed E-state index contributed by atoms with van der Waals surface area (Å²) < 4.78 is 28.2. The topological polar surface area (TPSA) is 73.8 Å². The summed E-state index contributed by atoms with van der Waals surface area (Å²) >= 11 is 7.62. The normalized spacial score (nSPS) is 11.8. The van der Waals surface area contributed by atoms with E-state index in [1.165, 1.54) is 52.1 Å². The SMILES string of the molecule is C=CCN(CC=C)S(=O)(=O)c1ccc(C(=O)N(CCN(C)C)c2nc3c(C)cc(Cl)cc3s2)cc1. The molecule has 7 nitrogen and oxygen atoms in total. The maximum atomic E-state index is 13.5. The minimum Gasteiger partial charge on any atom is -0.308 e. The Morgan fingerprint density at radius 2 is 1.71 bits per heavy atom. The fourth-order valence-electron chi connectivity index (χ4n) is 3.48. The molecule has 0 aliphatic heterocycles. The summed E-state index contributed by atoms with van der Waals surface area (Å²) in [5.41, 5.74) is 2.12. The highest BCUT2D eigenvalue weighted by Gasteiger charge is 2.25. The number of nitrogens with zero attached hydrogens (tertiary/aromatic N) is 4. The fraction of sp³-hybridized carbons (Fsp3) is 0.280. The summed E-state index contributed by atoms with van der Waals surface area (Å²) in [5, 5.41) is 1.19. The van der Waals surface area contributed by atoms with Gasteiger partial charge in [-0.2, -0.15) is 4.31 Å². The highest BCUT2D eigenvalue weighted by atomic mass is 35.5. The third-order valence-corrected chi connectivity index (χ3v) is 8.38. The van der Waals surface area contributed by atoms with Gasteiger partial charge in [0.1, 0.15) is 0 Å². The van der Waals surface area contributed by atoms with Crippen LogP contribution in [0.3, 0.4) is 0 Å². The van der Waals surface area contributed by atoms with Crippen molar-refractivity contribution in [2.75, 3.05) is 45.2 Å². The predicted octanol–water partition coefficient (Wildman–Crippen LogP) is 4.83. The Balaban J connectivity index is 1.96. The summed E-state index contributed by atoms with van der Waals surface area (Å²) in [5.74, 6) is -0.257. The molecule has 0 atom stereocenters. The van der Waals surface area contributed by atoms with Crippen molar-refractivity contribution in [1.82, 2.24) is 14.2 Å². The molecule has 10 heteroatoms. The second-order valence-electron chi connectivity index (χ2n) is 8.25. The van der Waals surface area contributed by atoms with Crippen molar-refractivity contribution in [3.8, 4) is 0 Å². The van der Waals surface area contributed by atoms with Crippen LogP contribution in [0.2, 0.25) is 5.02 Å². The van der Waals surface area contributed by atoms with E-state index in [2.05, 4.69) is 13.2 Å². The summed E-state index contributed by atoms with van der Waals surface area (Å²) in [6, 6.07) is 9.67. The maximum absolute atomic E-state index is 13.5. The predicted molar refractivity (Wildman–Crippen MR) is 145 cm³/mol. The lowest BCUT2D eigenvalue weighted by atomic mass is 10.2. The number of amides is 1. The molecule has 3 rings (SSSR count). The molecule has 3 aromatic rings. The number of carbonyl (C=O) groups excluding carboxylic acids is 1. The van der Waals surface area contributed by atoms with Gasteiger partial charge < -0.3 is 4.90 Å². The lowest BCUT2D eigenvalue weighted by Crippen LogP contribution is -2.36. The van der Waals surface area contributed by atoms with Crippen molar-refractivity contribution in [3.05, 3.63) is 77.9 Å². The van der Waals surface area contributed by atoms with Gasteiger partial charge in [0.15, 0.2) is 5.13 Å². The molecule has 2 aromatic carbocycles. The number of rotatable bonds is 11. The van der Waals surface area contributed by atoms with Crippen LogP contribution in [-0.2, 0) is 10.0 Å². The van der Waals surface area contributed by atoms with E-state index < -0.39 is 10.0 Å². The number of aromatic nitrogens is 1. The first-order valence-corrected chi connectivity index (χ1v) is 13.6. The number of aryl methyl sites for hydroxylation is 1. The molecule has 0 saturated heterocycles. The lowest BCUT2D eigenvalue weighted by Gasteiger charge is -2.22. The van der Waals surface area contributed by atoms with Crippen molar-refractivity contribution < 1.29 is 13.2 Å². The number of likely N-dealkylation sites (N-methyl/N-ethyl adjacent to an activating group) is 1. The maximum Gasteiger partial charge on any atom is 0.260 e. The zero-order chi connectivity index (χ0) is 25.8. The minimum atomic E-state index is -3.75. The monoisotopic (exact) mass is 532 g/mol. The first kappa shape index (κ1) is 27.0. The Bertz CT molecular complexity index is 1320. The Morgan fingerprint density at radius 3 is 2.29 bits per heavy atom. The number of fused-ring (bicyclic) bond motifs is 1. The van der Waals surface area contributed by atoms with E-state index in [1.807, 2.05) is 38.1 Å². The average molecular weight is 533 g/mol. The first-order chi connectivity index (χ1) is 16.6. The third-order valence-electron chi connectivity index (χ3n) is 5.29. The Labute approximate surface area is 216 Å². The van der Waals surface area contributed by atoms with Gasteiger partial charge in [0.25, 0.3) is 5.91 Å². The van der Waals surface area contributed by atoms with E-state index in [9.17, 15) is 13.2 Å². The number of thiazole rings is 1. The smallest absolute Gasteiger partial charge is 0.260 e. The van der Waals surface area contributed by atoms with Crippen molar-refractivity contribution in [2.45, 2.75) is 11.8 Å². The number of halogens is 1. The van der Waals surface area contributed by atoms with Crippen molar-refractivity contribution in [3.63, 3.8) is 0 Å². The molecule has 0 saturated carbocycles. The molecule has 0 unspecified atom stereocenters. The van der Waals surface area contributed by atoms with Crippen LogP contribution in [0.4, 0.5) is 5.13 Å². The standard InChI is InChI=1S/C25H29ClN4O3S2/c1-6-12-29(13-7-2)35(32,33)21-10-8-19(9-11-21)24(31)30(15-14-28(4)5)25-27-23-18(3)16-20(26)17-22(23)34-25/h6-11,16-17H,1-2,12-15H2,3-5H3. The van der Waals surface area contributed by atoms with Crippen LogP contribution in [0, 0.1) is 6.92 Å². The summed E-state index contributed by atoms with van der Waals surface area (Å²) in [6.07, 6.45) is 3.04. The van der Waals surface area contributed by atoms with Gasteiger partial charge in [-0.15, -0.1) is 13.2 Å². The van der Waals surface area contributed by atoms with Gasteiger partial charge >= 0.3 is 0 Å². The van der Waals surface area contributed by atoms with Gasteiger partial charge in [-0.05, 0) is 63.0 Å². The number of carbonyl (C=O) groups is 1. The van der Waals surface area contributed by atoms with Crippen LogP contribution in [0.25, 0.3) is 10.2 Å². The van der Waals surface area contributed by atoms with Gasteiger partial charge in [-0.1, -0.05) is 35.1 Å². The van der Waals surface area contributed by atoms with E-state index in [-0.39, 0.29) is 23.9 Å². The minimum absolute atomic E-state index is 0.0999.